The molecular weight excluding hydrogens is 308 g/mol. The first-order valence-electron chi connectivity index (χ1n) is 8.56. The quantitative estimate of drug-likeness (QED) is 0.774. The Bertz CT molecular complexity index is 851. The molecule has 124 valence electrons. The Morgan fingerprint density at radius 1 is 0.920 bits per heavy atom. The van der Waals surface area contributed by atoms with E-state index in [1.54, 1.807) is 0 Å². The third-order valence-electron chi connectivity index (χ3n) is 4.99. The van der Waals surface area contributed by atoms with E-state index in [9.17, 15) is 4.79 Å². The Morgan fingerprint density at radius 2 is 1.52 bits per heavy atom. The molecular formula is C22H20N2O. The van der Waals surface area contributed by atoms with Crippen LogP contribution in [0.25, 0.3) is 0 Å². The van der Waals surface area contributed by atoms with Crippen molar-refractivity contribution < 1.29 is 4.79 Å². The van der Waals surface area contributed by atoms with Crippen molar-refractivity contribution in [3.63, 3.8) is 0 Å². The smallest absolute Gasteiger partial charge is 0.229 e. The molecule has 1 fully saturated rings. The highest BCUT2D eigenvalue weighted by molar-refractivity contribution is 5.96. The Labute approximate surface area is 147 Å². The first kappa shape index (κ1) is 15.6. The van der Waals surface area contributed by atoms with Crippen molar-refractivity contribution in [3.05, 3.63) is 95.7 Å². The second kappa shape index (κ2) is 6.17. The summed E-state index contributed by atoms with van der Waals surface area (Å²) in [7, 11) is 0. The molecule has 3 nitrogen and oxygen atoms in total. The summed E-state index contributed by atoms with van der Waals surface area (Å²) in [4.78, 5) is 17.3. The van der Waals surface area contributed by atoms with Gasteiger partial charge < -0.3 is 5.32 Å². The summed E-state index contributed by atoms with van der Waals surface area (Å²) in [5, 5.41) is 2.99. The molecule has 1 aliphatic carbocycles. The van der Waals surface area contributed by atoms with Crippen LogP contribution in [0.5, 0.6) is 0 Å². The van der Waals surface area contributed by atoms with E-state index in [1.165, 1.54) is 11.1 Å². The molecule has 0 saturated heterocycles. The SMILES string of the molecule is Cc1cccc(NC(=O)[C@@H]2CC2(c2ccccc2)c2ccccc2)n1. The maximum atomic E-state index is 12.9. The molecule has 1 saturated carbocycles. The predicted octanol–water partition coefficient (Wildman–Crippen LogP) is 4.33. The average Bonchev–Trinajstić information content (AvgIpc) is 3.40. The summed E-state index contributed by atoms with van der Waals surface area (Å²) in [5.74, 6) is 0.567. The highest BCUT2D eigenvalue weighted by Crippen LogP contribution is 2.59. The highest BCUT2D eigenvalue weighted by Gasteiger charge is 2.60. The maximum absolute atomic E-state index is 12.9. The normalized spacial score (nSPS) is 17.7. The van der Waals surface area contributed by atoms with E-state index in [1.807, 2.05) is 61.5 Å². The van der Waals surface area contributed by atoms with E-state index in [-0.39, 0.29) is 17.2 Å². The highest BCUT2D eigenvalue weighted by atomic mass is 16.2. The number of rotatable bonds is 4. The lowest BCUT2D eigenvalue weighted by Gasteiger charge is -2.19. The fourth-order valence-corrected chi connectivity index (χ4v) is 3.68. The van der Waals surface area contributed by atoms with Crippen molar-refractivity contribution in [3.8, 4) is 0 Å². The van der Waals surface area contributed by atoms with Crippen molar-refractivity contribution in [2.45, 2.75) is 18.8 Å². The molecule has 4 rings (SSSR count). The lowest BCUT2D eigenvalue weighted by Crippen LogP contribution is -2.22. The van der Waals surface area contributed by atoms with E-state index < -0.39 is 0 Å². The number of aryl methyl sites for hydroxylation is 1. The summed E-state index contributed by atoms with van der Waals surface area (Å²) in [6.07, 6.45) is 0.818. The third-order valence-corrected chi connectivity index (χ3v) is 4.99. The molecule has 1 N–H and O–H groups in total. The number of amides is 1. The van der Waals surface area contributed by atoms with Gasteiger partial charge in [-0.2, -0.15) is 0 Å². The molecule has 1 atom stereocenters. The largest absolute Gasteiger partial charge is 0.310 e. The molecule has 3 aromatic rings. The van der Waals surface area contributed by atoms with Gasteiger partial charge in [-0.1, -0.05) is 66.7 Å². The lowest BCUT2D eigenvalue weighted by atomic mass is 9.85. The standard InChI is InChI=1S/C22H20N2O/c1-16-9-8-14-20(23-16)24-21(25)19-15-22(19,17-10-4-2-5-11-17)18-12-6-3-7-13-18/h2-14,19H,15H2,1H3,(H,23,24,25)/t19-/m0/s1. The summed E-state index contributed by atoms with van der Waals surface area (Å²) in [6, 6.07) is 26.3. The molecule has 0 spiro atoms. The zero-order valence-electron chi connectivity index (χ0n) is 14.1. The van der Waals surface area contributed by atoms with Crippen LogP contribution in [0.15, 0.2) is 78.9 Å². The molecule has 2 aromatic carbocycles. The fourth-order valence-electron chi connectivity index (χ4n) is 3.68. The number of carbonyl (C=O) groups is 1. The average molecular weight is 328 g/mol. The number of hydrogen-bond acceptors (Lipinski definition) is 2. The van der Waals surface area contributed by atoms with Gasteiger partial charge in [-0.15, -0.1) is 0 Å². The number of hydrogen-bond donors (Lipinski definition) is 1. The minimum Gasteiger partial charge on any atom is -0.310 e. The van der Waals surface area contributed by atoms with Crippen LogP contribution < -0.4 is 5.32 Å². The Morgan fingerprint density at radius 3 is 2.08 bits per heavy atom. The van der Waals surface area contributed by atoms with Crippen molar-refractivity contribution in [2.75, 3.05) is 5.32 Å². The molecule has 0 bridgehead atoms. The molecule has 1 aliphatic rings. The topological polar surface area (TPSA) is 42.0 Å². The van der Waals surface area contributed by atoms with Crippen molar-refractivity contribution in [1.82, 2.24) is 4.98 Å². The molecule has 3 heteroatoms. The minimum absolute atomic E-state index is 0.0332. The molecule has 25 heavy (non-hydrogen) atoms. The Hall–Kier alpha value is -2.94. The second-order valence-electron chi connectivity index (χ2n) is 6.61. The van der Waals surface area contributed by atoms with E-state index >= 15 is 0 Å². The number of aromatic nitrogens is 1. The lowest BCUT2D eigenvalue weighted by molar-refractivity contribution is -0.117. The summed E-state index contributed by atoms with van der Waals surface area (Å²) in [6.45, 7) is 1.92. The molecule has 1 heterocycles. The molecule has 1 amide bonds. The second-order valence-corrected chi connectivity index (χ2v) is 6.61. The van der Waals surface area contributed by atoms with Crippen LogP contribution in [0.1, 0.15) is 23.2 Å². The molecule has 0 radical (unpaired) electrons. The Kier molecular flexibility index (Phi) is 3.85. The van der Waals surface area contributed by atoms with Crippen LogP contribution in [0.2, 0.25) is 0 Å². The number of nitrogens with one attached hydrogen (secondary N) is 1. The number of pyridine rings is 1. The monoisotopic (exact) mass is 328 g/mol. The van der Waals surface area contributed by atoms with Gasteiger partial charge in [0, 0.05) is 11.1 Å². The van der Waals surface area contributed by atoms with Crippen LogP contribution in [-0.2, 0) is 10.2 Å². The van der Waals surface area contributed by atoms with E-state index in [0.29, 0.717) is 5.82 Å². The van der Waals surface area contributed by atoms with Crippen LogP contribution in [0.4, 0.5) is 5.82 Å². The zero-order valence-corrected chi connectivity index (χ0v) is 14.1. The van der Waals surface area contributed by atoms with Gasteiger partial charge in [0.25, 0.3) is 0 Å². The van der Waals surface area contributed by atoms with Crippen molar-refractivity contribution >= 4 is 11.7 Å². The molecule has 0 unspecified atom stereocenters. The first-order valence-corrected chi connectivity index (χ1v) is 8.56. The fraction of sp³-hybridized carbons (Fsp3) is 0.182. The minimum atomic E-state index is -0.240. The van der Waals surface area contributed by atoms with Crippen molar-refractivity contribution in [2.24, 2.45) is 5.92 Å². The van der Waals surface area contributed by atoms with Crippen LogP contribution in [0, 0.1) is 12.8 Å². The van der Waals surface area contributed by atoms with E-state index in [2.05, 4.69) is 34.6 Å². The van der Waals surface area contributed by atoms with E-state index in [4.69, 9.17) is 0 Å². The van der Waals surface area contributed by atoms with Gasteiger partial charge in [-0.05, 0) is 36.6 Å². The van der Waals surface area contributed by atoms with Gasteiger partial charge in [0.15, 0.2) is 0 Å². The van der Waals surface area contributed by atoms with Gasteiger partial charge in [0.1, 0.15) is 5.82 Å². The van der Waals surface area contributed by atoms with Gasteiger partial charge in [0.05, 0.1) is 5.92 Å². The van der Waals surface area contributed by atoms with Crippen LogP contribution in [-0.4, -0.2) is 10.9 Å². The summed E-state index contributed by atoms with van der Waals surface area (Å²) < 4.78 is 0. The van der Waals surface area contributed by atoms with Gasteiger partial charge in [0.2, 0.25) is 5.91 Å². The Balaban J connectivity index is 1.65. The van der Waals surface area contributed by atoms with Gasteiger partial charge >= 0.3 is 0 Å². The zero-order chi connectivity index (χ0) is 17.3. The predicted molar refractivity (Wildman–Crippen MR) is 99.4 cm³/mol. The van der Waals surface area contributed by atoms with Gasteiger partial charge in [-0.3, -0.25) is 4.79 Å². The number of anilines is 1. The molecule has 0 aliphatic heterocycles. The summed E-state index contributed by atoms with van der Waals surface area (Å²) >= 11 is 0. The number of carbonyl (C=O) groups excluding carboxylic acids is 1. The van der Waals surface area contributed by atoms with Crippen LogP contribution >= 0.6 is 0 Å². The van der Waals surface area contributed by atoms with Gasteiger partial charge in [-0.25, -0.2) is 4.98 Å². The maximum Gasteiger partial charge on any atom is 0.229 e. The van der Waals surface area contributed by atoms with E-state index in [0.717, 1.165) is 12.1 Å². The number of benzene rings is 2. The number of nitrogens with zero attached hydrogens (tertiary/aromatic N) is 1. The van der Waals surface area contributed by atoms with Crippen LogP contribution in [0.3, 0.4) is 0 Å². The third kappa shape index (κ3) is 2.82. The summed E-state index contributed by atoms with van der Waals surface area (Å²) in [5.41, 5.74) is 3.04. The first-order chi connectivity index (χ1) is 12.2. The van der Waals surface area contributed by atoms with Crippen molar-refractivity contribution in [1.29, 1.82) is 0 Å². The molecule has 1 aromatic heterocycles.